The van der Waals surface area contributed by atoms with Gasteiger partial charge >= 0.3 is 17.8 Å². The maximum Gasteiger partial charge on any atom is 0.380 e. The Morgan fingerprint density at radius 1 is 0.259 bits per heavy atom. The molecule has 4 aliphatic rings. The summed E-state index contributed by atoms with van der Waals surface area (Å²) in [5.41, 5.74) is 12.9. The van der Waals surface area contributed by atoms with Crippen molar-refractivity contribution in [1.29, 1.82) is 0 Å². The van der Waals surface area contributed by atoms with E-state index in [0.717, 1.165) is 116 Å². The molecule has 0 bridgehead atoms. The molecular weight excluding hydrogens is 1850 g/mol. The van der Waals surface area contributed by atoms with Gasteiger partial charge in [-0.3, -0.25) is 0 Å². The maximum absolute atomic E-state index is 16.8. The van der Waals surface area contributed by atoms with E-state index in [9.17, 15) is 0 Å². The first-order valence-corrected chi connectivity index (χ1v) is 58.2. The minimum absolute atomic E-state index is 0.0742. The fourth-order valence-electron chi connectivity index (χ4n) is 19.8. The molecule has 1 fully saturated rings. The van der Waals surface area contributed by atoms with E-state index >= 15 is 26.3 Å². The number of thioether (sulfide) groups is 2. The van der Waals surface area contributed by atoms with E-state index < -0.39 is 38.4 Å². The number of halogens is 6. The Labute approximate surface area is 864 Å². The summed E-state index contributed by atoms with van der Waals surface area (Å²) in [6, 6.07) is 21.5. The number of fused-ring (bicyclic) bond motifs is 4. The number of nitrogen functional groups attached to an aromatic ring is 2. The van der Waals surface area contributed by atoms with E-state index in [-0.39, 0.29) is 46.8 Å². The molecule has 10 rings (SSSR count). The van der Waals surface area contributed by atoms with Gasteiger partial charge in [0, 0.05) is 68.0 Å². The number of allylic oxidation sites excluding steroid dienone is 4. The molecule has 0 amide bonds. The highest BCUT2D eigenvalue weighted by atomic mass is 32.2. The molecule has 0 radical (unpaired) electrons. The van der Waals surface area contributed by atoms with E-state index in [0.29, 0.717) is 118 Å². The normalized spacial score (nSPS) is 16.5. The monoisotopic (exact) mass is 2030 g/mol. The van der Waals surface area contributed by atoms with Gasteiger partial charge in [-0.25, -0.2) is 0 Å². The molecule has 143 heavy (non-hydrogen) atoms. The van der Waals surface area contributed by atoms with Gasteiger partial charge in [-0.05, 0) is 111 Å². The minimum atomic E-state index is -5.75. The van der Waals surface area contributed by atoms with Crippen LogP contribution in [0.1, 0.15) is 452 Å². The second-order valence-electron chi connectivity index (χ2n) is 40.7. The molecule has 6 aromatic rings. The molecule has 2 atom stereocenters. The predicted octanol–water partition coefficient (Wildman–Crippen LogP) is 36.9. The molecule has 0 saturated heterocycles. The first kappa shape index (κ1) is 117. The van der Waals surface area contributed by atoms with Gasteiger partial charge in [0.25, 0.3) is 0 Å². The van der Waals surface area contributed by atoms with Crippen molar-refractivity contribution in [2.75, 3.05) is 72.4 Å². The molecule has 1 saturated carbocycles. The molecule has 0 spiro atoms. The largest absolute Gasteiger partial charge is 0.489 e. The van der Waals surface area contributed by atoms with Crippen molar-refractivity contribution >= 4 is 91.8 Å². The second-order valence-corrected chi connectivity index (χ2v) is 43.6. The number of ether oxygens (including phenoxy) is 6. The van der Waals surface area contributed by atoms with Crippen LogP contribution < -0.4 is 61.2 Å². The third-order valence-corrected chi connectivity index (χ3v) is 31.9. The average molecular weight is 2030 g/mol. The van der Waals surface area contributed by atoms with E-state index in [1.165, 1.54) is 305 Å². The van der Waals surface area contributed by atoms with E-state index in [2.05, 4.69) is 82.7 Å². The molecule has 2 aliphatic heterocycles. The lowest BCUT2D eigenvalue weighted by atomic mass is 9.71. The van der Waals surface area contributed by atoms with Gasteiger partial charge in [0.15, 0.2) is 23.0 Å². The van der Waals surface area contributed by atoms with Crippen molar-refractivity contribution in [2.24, 2.45) is 0 Å². The van der Waals surface area contributed by atoms with Crippen molar-refractivity contribution < 1.29 is 54.8 Å². The van der Waals surface area contributed by atoms with Crippen molar-refractivity contribution in [1.82, 2.24) is 29.9 Å². The van der Waals surface area contributed by atoms with Crippen LogP contribution in [-0.4, -0.2) is 96.8 Å². The van der Waals surface area contributed by atoms with E-state index in [1.54, 1.807) is 62.4 Å². The van der Waals surface area contributed by atoms with Crippen LogP contribution in [0.5, 0.6) is 34.5 Å². The zero-order valence-electron chi connectivity index (χ0n) is 88.6. The standard InChI is InChI=1S/C117H178F6N12O6S2/c1-9-15-21-27-33-39-45-51-57-63-77-136-97-83-93(84-98(137-78-64-58-52-46-40-34-28-22-16-10-2)105(97)140-81-67-61-55-49-43-37-31-25-19-13-5)128-111-132-107(124)130-109(134-111)126-91-73-69-89(70-74-91)101-87-95-103-104(116(120,121)117(122,123)115(103,118)119)96-88-102(143-114(96,8)113(95,7)142-101)90-71-75-92(76-72-90)127-110-131-108(125)133-112(135-110)129-94-85-99(138-79-65-59-53-47-41-35-29-23-17-11-3)106(141-82-68-62-56-50-44-38-32-26-20-14-6)100(86-94)139-80-66-60-54-48-42-36-30-24-18-12-4/h69-76,83-88H,9-68,77-82H2,1-8H3,(H4,124,126,128,130,132,134)(H4,125,127,129,131,133,135). The smallest absolute Gasteiger partial charge is 0.380 e. The third kappa shape index (κ3) is 36.9. The predicted molar refractivity (Wildman–Crippen MR) is 588 cm³/mol. The van der Waals surface area contributed by atoms with Gasteiger partial charge in [0.1, 0.15) is 0 Å². The molecule has 796 valence electrons. The first-order chi connectivity index (χ1) is 69.6. The molecule has 26 heteroatoms. The summed E-state index contributed by atoms with van der Waals surface area (Å²) in [6.07, 6.45) is 74.9. The lowest BCUT2D eigenvalue weighted by molar-refractivity contribution is -0.258. The van der Waals surface area contributed by atoms with Gasteiger partial charge < -0.3 is 61.2 Å². The van der Waals surface area contributed by atoms with Crippen molar-refractivity contribution in [3.05, 3.63) is 118 Å². The number of benzene rings is 4. The Morgan fingerprint density at radius 3 is 0.671 bits per heavy atom. The van der Waals surface area contributed by atoms with Gasteiger partial charge in [-0.2, -0.15) is 56.2 Å². The first-order valence-electron chi connectivity index (χ1n) is 56.5. The van der Waals surface area contributed by atoms with Crippen molar-refractivity contribution in [3.8, 4) is 34.5 Å². The molecule has 2 aliphatic carbocycles. The van der Waals surface area contributed by atoms with Crippen LogP contribution >= 0.6 is 23.5 Å². The summed E-state index contributed by atoms with van der Waals surface area (Å²) < 4.78 is 137. The Bertz CT molecular complexity index is 4410. The zero-order chi connectivity index (χ0) is 102. The summed E-state index contributed by atoms with van der Waals surface area (Å²) in [5.74, 6) is -12.5. The quantitative estimate of drug-likeness (QED) is 0.0154. The highest BCUT2D eigenvalue weighted by molar-refractivity contribution is 8.14. The van der Waals surface area contributed by atoms with Gasteiger partial charge in [0.05, 0.1) is 49.1 Å². The summed E-state index contributed by atoms with van der Waals surface area (Å²) in [4.78, 5) is 28.4. The van der Waals surface area contributed by atoms with Crippen LogP contribution in [0.4, 0.5) is 84.8 Å². The number of nitrogens with two attached hydrogens (primary N) is 2. The molecule has 4 heterocycles. The lowest BCUT2D eigenvalue weighted by Gasteiger charge is -2.47. The highest BCUT2D eigenvalue weighted by Gasteiger charge is 2.84. The summed E-state index contributed by atoms with van der Waals surface area (Å²) in [7, 11) is 0. The topological polar surface area (TPSA) is 233 Å². The van der Waals surface area contributed by atoms with Crippen LogP contribution in [-0.2, 0) is 0 Å². The Hall–Kier alpha value is -8.26. The molecule has 2 aromatic heterocycles. The number of aromatic nitrogens is 6. The summed E-state index contributed by atoms with van der Waals surface area (Å²) in [6.45, 7) is 19.9. The molecule has 2 unspecified atom stereocenters. The molecule has 18 nitrogen and oxygen atoms in total. The van der Waals surface area contributed by atoms with Crippen LogP contribution in [0.2, 0.25) is 0 Å². The van der Waals surface area contributed by atoms with E-state index in [4.69, 9.17) is 49.9 Å². The highest BCUT2D eigenvalue weighted by Crippen LogP contribution is 2.75. The molecule has 4 aromatic carbocycles. The maximum atomic E-state index is 16.8. The summed E-state index contributed by atoms with van der Waals surface area (Å²) >= 11 is 2.36. The van der Waals surface area contributed by atoms with Gasteiger partial charge in [-0.1, -0.05) is 413 Å². The molecular formula is C117H178F6N12O6S2. The fraction of sp³-hybridized carbons (Fsp3) is 0.675. The average Bonchev–Trinajstić information content (AvgIpc) is 1.48. The Kier molecular flexibility index (Phi) is 52.3. The second kappa shape index (κ2) is 64.1. The van der Waals surface area contributed by atoms with Crippen LogP contribution in [0.15, 0.2) is 107 Å². The zero-order valence-corrected chi connectivity index (χ0v) is 90.3. The van der Waals surface area contributed by atoms with E-state index in [1.807, 2.05) is 24.3 Å². The number of rotatable bonds is 82. The number of nitrogens with one attached hydrogen (secondary N) is 4. The Morgan fingerprint density at radius 2 is 0.455 bits per heavy atom. The van der Waals surface area contributed by atoms with Crippen molar-refractivity contribution in [3.63, 3.8) is 0 Å². The number of hydrogen-bond donors (Lipinski definition) is 6. The number of hydrogen-bond acceptors (Lipinski definition) is 20. The minimum Gasteiger partial charge on any atom is -0.489 e. The van der Waals surface area contributed by atoms with Gasteiger partial charge in [-0.15, -0.1) is 23.5 Å². The Balaban J connectivity index is 0.837. The number of nitrogens with zero attached hydrogens (tertiary/aromatic N) is 6. The lowest BCUT2D eigenvalue weighted by Crippen LogP contribution is -2.48. The number of anilines is 10. The number of unbranched alkanes of at least 4 members (excludes halogenated alkanes) is 54. The third-order valence-electron chi connectivity index (χ3n) is 28.5. The summed E-state index contributed by atoms with van der Waals surface area (Å²) in [5, 5.41) is 13.3. The number of alkyl halides is 6. The fourth-order valence-corrected chi connectivity index (χ4v) is 22.9. The van der Waals surface area contributed by atoms with Crippen LogP contribution in [0.3, 0.4) is 0 Å². The van der Waals surface area contributed by atoms with Crippen molar-refractivity contribution in [2.45, 2.75) is 468 Å². The van der Waals surface area contributed by atoms with Gasteiger partial charge in [0.2, 0.25) is 47.2 Å². The SMILES string of the molecule is CCCCCCCCCCCCOc1cc(Nc2nc(N)nc(Nc3ccc(C4=CC5=C6C(=C7C=C(c8ccc(Nc9nc(N)nc(Nc%10cc(OCCCCCCCCCCCC)c(OCCCCCCCCCCCC)c(OCCCCCCCCCCCC)c%10)n9)cc8)SC7(C)C5(C)S4)C(F)(F)C(F)(F)C6(F)F)cc3)n2)cc(OCCCCCCCCCCCC)c1OCCCCCCCCCCCC. The van der Waals surface area contributed by atoms with Crippen LogP contribution in [0, 0.1) is 0 Å². The molecule has 8 N–H and O–H groups in total. The van der Waals surface area contributed by atoms with Crippen LogP contribution in [0.25, 0.3) is 9.81 Å².